The summed E-state index contributed by atoms with van der Waals surface area (Å²) in [4.78, 5) is 14.3. The Morgan fingerprint density at radius 3 is 2.47 bits per heavy atom. The van der Waals surface area contributed by atoms with Crippen LogP contribution in [-0.2, 0) is 6.42 Å². The van der Waals surface area contributed by atoms with Crippen LogP contribution in [0.5, 0.6) is 5.75 Å². The van der Waals surface area contributed by atoms with Gasteiger partial charge in [-0.3, -0.25) is 4.57 Å². The number of aromatic nitrogens is 6. The Hall–Kier alpha value is -3.74. The molecular weight excluding hydrogens is 376 g/mol. The van der Waals surface area contributed by atoms with E-state index in [4.69, 9.17) is 19.7 Å². The fraction of sp³-hybridized carbons (Fsp3) is 0.217. The van der Waals surface area contributed by atoms with Gasteiger partial charge in [0.15, 0.2) is 17.1 Å². The van der Waals surface area contributed by atoms with Crippen molar-refractivity contribution in [3.8, 4) is 11.6 Å². The second-order valence-electron chi connectivity index (χ2n) is 7.45. The van der Waals surface area contributed by atoms with E-state index < -0.39 is 0 Å². The number of methoxy groups -OCH3 is 1. The average Bonchev–Trinajstić information content (AvgIpc) is 3.26. The minimum absolute atomic E-state index is 0.644. The first-order valence-electron chi connectivity index (χ1n) is 9.84. The highest BCUT2D eigenvalue weighted by molar-refractivity contribution is 5.94. The predicted molar refractivity (Wildman–Crippen MR) is 115 cm³/mol. The van der Waals surface area contributed by atoms with Gasteiger partial charge in [-0.2, -0.15) is 0 Å². The second kappa shape index (κ2) is 6.95. The van der Waals surface area contributed by atoms with Gasteiger partial charge in [-0.1, -0.05) is 18.2 Å². The number of rotatable bonds is 4. The molecule has 0 N–H and O–H groups in total. The van der Waals surface area contributed by atoms with Crippen LogP contribution in [0.1, 0.15) is 28.3 Å². The quantitative estimate of drug-likeness (QED) is 0.458. The van der Waals surface area contributed by atoms with E-state index in [1.807, 2.05) is 49.4 Å². The van der Waals surface area contributed by atoms with Gasteiger partial charge in [0, 0.05) is 17.8 Å². The highest BCUT2D eigenvalue weighted by Crippen LogP contribution is 2.29. The van der Waals surface area contributed by atoms with Crippen molar-refractivity contribution in [2.75, 3.05) is 7.11 Å². The average molecular weight is 398 g/mol. The normalized spacial score (nSPS) is 11.5. The van der Waals surface area contributed by atoms with Crippen LogP contribution in [0.4, 0.5) is 0 Å². The third kappa shape index (κ3) is 2.90. The van der Waals surface area contributed by atoms with Crippen molar-refractivity contribution in [2.24, 2.45) is 0 Å². The van der Waals surface area contributed by atoms with Crippen molar-refractivity contribution in [2.45, 2.75) is 27.2 Å². The number of aryl methyl sites for hydroxylation is 2. The first kappa shape index (κ1) is 18.3. The molecule has 0 fully saturated rings. The van der Waals surface area contributed by atoms with E-state index in [0.717, 1.165) is 56.6 Å². The van der Waals surface area contributed by atoms with Gasteiger partial charge in [0.05, 0.1) is 12.5 Å². The molecule has 4 heterocycles. The molecule has 0 aliphatic rings. The van der Waals surface area contributed by atoms with Gasteiger partial charge in [0.2, 0.25) is 0 Å². The molecule has 0 atom stereocenters. The van der Waals surface area contributed by atoms with Gasteiger partial charge in [0.1, 0.15) is 17.9 Å². The van der Waals surface area contributed by atoms with Gasteiger partial charge < -0.3 is 4.74 Å². The summed E-state index contributed by atoms with van der Waals surface area (Å²) in [6.45, 7) is 6.18. The van der Waals surface area contributed by atoms with Crippen molar-refractivity contribution in [3.63, 3.8) is 0 Å². The molecule has 30 heavy (non-hydrogen) atoms. The Bertz CT molecular complexity index is 1380. The predicted octanol–water partition coefficient (Wildman–Crippen LogP) is 3.99. The smallest absolute Gasteiger partial charge is 0.168 e. The summed E-state index contributed by atoms with van der Waals surface area (Å²) >= 11 is 0. The molecule has 0 aliphatic heterocycles. The molecule has 0 unspecified atom stereocenters. The number of fused-ring (bicyclic) bond motifs is 3. The van der Waals surface area contributed by atoms with Crippen LogP contribution in [-0.4, -0.2) is 36.2 Å². The number of ether oxygens (including phenoxy) is 1. The first-order valence-corrected chi connectivity index (χ1v) is 9.84. The van der Waals surface area contributed by atoms with Crippen molar-refractivity contribution >= 4 is 16.7 Å². The second-order valence-corrected chi connectivity index (χ2v) is 7.45. The lowest BCUT2D eigenvalue weighted by Crippen LogP contribution is -2.02. The Labute approximate surface area is 174 Å². The van der Waals surface area contributed by atoms with Crippen LogP contribution in [0.25, 0.3) is 22.5 Å². The Kier molecular flexibility index (Phi) is 4.24. The van der Waals surface area contributed by atoms with Crippen molar-refractivity contribution < 1.29 is 4.74 Å². The number of nitrogens with zero attached hydrogens (tertiary/aromatic N) is 6. The van der Waals surface area contributed by atoms with E-state index in [1.54, 1.807) is 18.0 Å². The monoisotopic (exact) mass is 398 g/mol. The lowest BCUT2D eigenvalue weighted by molar-refractivity contribution is 0.414. The summed E-state index contributed by atoms with van der Waals surface area (Å²) in [6, 6.07) is 14.0. The lowest BCUT2D eigenvalue weighted by atomic mass is 10.1. The van der Waals surface area contributed by atoms with E-state index in [-0.39, 0.29) is 0 Å². The Morgan fingerprint density at radius 2 is 1.73 bits per heavy atom. The van der Waals surface area contributed by atoms with E-state index in [9.17, 15) is 0 Å². The maximum atomic E-state index is 5.24. The van der Waals surface area contributed by atoms with Crippen molar-refractivity contribution in [3.05, 3.63) is 77.1 Å². The summed E-state index contributed by atoms with van der Waals surface area (Å²) in [7, 11) is 1.67. The molecule has 7 nitrogen and oxygen atoms in total. The summed E-state index contributed by atoms with van der Waals surface area (Å²) in [5.74, 6) is 2.46. The minimum Gasteiger partial charge on any atom is -0.497 e. The molecule has 0 bridgehead atoms. The third-order valence-electron chi connectivity index (χ3n) is 5.50. The molecule has 7 heteroatoms. The molecule has 0 spiro atoms. The largest absolute Gasteiger partial charge is 0.497 e. The van der Waals surface area contributed by atoms with Gasteiger partial charge >= 0.3 is 0 Å². The molecule has 5 aromatic rings. The molecule has 0 saturated carbocycles. The zero-order chi connectivity index (χ0) is 20.8. The maximum absolute atomic E-state index is 5.24. The Balaban J connectivity index is 1.64. The zero-order valence-corrected chi connectivity index (χ0v) is 17.4. The van der Waals surface area contributed by atoms with Gasteiger partial charge in [-0.05, 0) is 56.2 Å². The topological polar surface area (TPSA) is 70.1 Å². The van der Waals surface area contributed by atoms with Crippen molar-refractivity contribution in [1.82, 2.24) is 29.1 Å². The number of hydrogen-bond donors (Lipinski definition) is 0. The van der Waals surface area contributed by atoms with Gasteiger partial charge in [-0.15, -0.1) is 5.10 Å². The van der Waals surface area contributed by atoms with Crippen LogP contribution in [0, 0.1) is 20.8 Å². The molecule has 1 aromatic carbocycles. The minimum atomic E-state index is 0.644. The summed E-state index contributed by atoms with van der Waals surface area (Å²) in [5.41, 5.74) is 6.00. The summed E-state index contributed by atoms with van der Waals surface area (Å²) in [5, 5.41) is 5.66. The molecule has 150 valence electrons. The Morgan fingerprint density at radius 1 is 0.933 bits per heavy atom. The van der Waals surface area contributed by atoms with Crippen molar-refractivity contribution in [1.29, 1.82) is 0 Å². The number of pyridine rings is 1. The summed E-state index contributed by atoms with van der Waals surface area (Å²) in [6.07, 6.45) is 2.37. The van der Waals surface area contributed by atoms with E-state index in [2.05, 4.69) is 23.5 Å². The van der Waals surface area contributed by atoms with Gasteiger partial charge in [-0.25, -0.2) is 19.5 Å². The van der Waals surface area contributed by atoms with Crippen LogP contribution < -0.4 is 4.74 Å². The fourth-order valence-corrected chi connectivity index (χ4v) is 3.84. The molecule has 5 rings (SSSR count). The van der Waals surface area contributed by atoms with Crippen LogP contribution >= 0.6 is 0 Å². The number of benzene rings is 1. The molecule has 0 radical (unpaired) electrons. The van der Waals surface area contributed by atoms with E-state index in [1.165, 1.54) is 0 Å². The molecule has 0 amide bonds. The van der Waals surface area contributed by atoms with Crippen LogP contribution in [0.3, 0.4) is 0 Å². The lowest BCUT2D eigenvalue weighted by Gasteiger charge is -2.07. The van der Waals surface area contributed by atoms with E-state index in [0.29, 0.717) is 6.42 Å². The summed E-state index contributed by atoms with van der Waals surface area (Å²) < 4.78 is 9.09. The molecule has 0 aliphatic carbocycles. The first-order chi connectivity index (χ1) is 14.5. The highest BCUT2D eigenvalue weighted by atomic mass is 16.5. The maximum Gasteiger partial charge on any atom is 0.168 e. The number of hydrogen-bond acceptors (Lipinski definition) is 5. The van der Waals surface area contributed by atoms with E-state index >= 15 is 0 Å². The molecule has 4 aromatic heterocycles. The van der Waals surface area contributed by atoms with Crippen LogP contribution in [0.15, 0.2) is 48.8 Å². The molecular formula is C23H22N6O. The fourth-order valence-electron chi connectivity index (χ4n) is 3.84. The zero-order valence-electron chi connectivity index (χ0n) is 17.4. The highest BCUT2D eigenvalue weighted by Gasteiger charge is 2.19. The third-order valence-corrected chi connectivity index (χ3v) is 5.50. The van der Waals surface area contributed by atoms with Crippen LogP contribution in [0.2, 0.25) is 0 Å². The van der Waals surface area contributed by atoms with Gasteiger partial charge in [0.25, 0.3) is 0 Å². The standard InChI is InChI=1S/C23H22N6O/c1-14-6-5-7-20(25-14)29-16(3)15(2)21-22(29)24-13-28-23(21)26-19(27-28)12-17-8-10-18(30-4)11-9-17/h5-11,13H,12H2,1-4H3. The molecule has 0 saturated heterocycles. The SMILES string of the molecule is COc1ccc(Cc2nc3c4c(C)c(C)n(-c5cccc(C)n5)c4ncn3n2)cc1.